The van der Waals surface area contributed by atoms with E-state index in [-0.39, 0.29) is 17.8 Å². The highest BCUT2D eigenvalue weighted by atomic mass is 19.4. The molecule has 23 heavy (non-hydrogen) atoms. The fourth-order valence-corrected chi connectivity index (χ4v) is 2.43. The van der Waals surface area contributed by atoms with E-state index in [0.29, 0.717) is 25.7 Å². The predicted octanol–water partition coefficient (Wildman–Crippen LogP) is 2.06. The van der Waals surface area contributed by atoms with Crippen molar-refractivity contribution >= 4 is 17.5 Å². The van der Waals surface area contributed by atoms with Crippen LogP contribution in [0, 0.1) is 0 Å². The van der Waals surface area contributed by atoms with Crippen molar-refractivity contribution in [2.45, 2.75) is 44.0 Å². The van der Waals surface area contributed by atoms with Gasteiger partial charge in [-0.1, -0.05) is 6.07 Å². The van der Waals surface area contributed by atoms with Gasteiger partial charge in [-0.25, -0.2) is 0 Å². The summed E-state index contributed by atoms with van der Waals surface area (Å²) < 4.78 is 37.8. The second kappa shape index (κ2) is 6.99. The number of hydrogen-bond donors (Lipinski definition) is 3. The van der Waals surface area contributed by atoms with Crippen molar-refractivity contribution in [3.63, 3.8) is 0 Å². The van der Waals surface area contributed by atoms with Gasteiger partial charge in [0.25, 0.3) is 0 Å². The van der Waals surface area contributed by atoms with Crippen LogP contribution in [0.1, 0.15) is 31.2 Å². The number of halogens is 3. The number of rotatable bonds is 2. The lowest BCUT2D eigenvalue weighted by Gasteiger charge is -2.25. The molecule has 1 aromatic rings. The molecule has 8 heteroatoms. The zero-order valence-electron chi connectivity index (χ0n) is 12.2. The molecular formula is C15H17F3N2O3. The van der Waals surface area contributed by atoms with E-state index in [1.165, 1.54) is 6.07 Å². The first-order valence-electron chi connectivity index (χ1n) is 7.23. The molecule has 0 atom stereocenters. The van der Waals surface area contributed by atoms with Crippen molar-refractivity contribution in [2.24, 2.45) is 0 Å². The average Bonchev–Trinajstić information content (AvgIpc) is 2.49. The number of amides is 2. The second-order valence-corrected chi connectivity index (χ2v) is 5.51. The van der Waals surface area contributed by atoms with Crippen molar-refractivity contribution in [3.8, 4) is 0 Å². The number of anilines is 1. The fraction of sp³-hybridized carbons (Fsp3) is 0.467. The molecule has 2 amide bonds. The lowest BCUT2D eigenvalue weighted by atomic mass is 9.93. The minimum absolute atomic E-state index is 0.0981. The molecule has 5 nitrogen and oxygen atoms in total. The summed E-state index contributed by atoms with van der Waals surface area (Å²) in [5.41, 5.74) is -1.00. The monoisotopic (exact) mass is 330 g/mol. The molecule has 0 heterocycles. The van der Waals surface area contributed by atoms with E-state index in [2.05, 4.69) is 10.6 Å². The molecular weight excluding hydrogens is 313 g/mol. The fourth-order valence-electron chi connectivity index (χ4n) is 2.43. The van der Waals surface area contributed by atoms with Crippen molar-refractivity contribution in [1.82, 2.24) is 5.32 Å². The van der Waals surface area contributed by atoms with Crippen LogP contribution in [-0.2, 0) is 15.8 Å². The number of aliphatic hydroxyl groups excluding tert-OH is 1. The summed E-state index contributed by atoms with van der Waals surface area (Å²) in [4.78, 5) is 23.5. The molecule has 0 spiro atoms. The van der Waals surface area contributed by atoms with Gasteiger partial charge in [0.15, 0.2) is 0 Å². The van der Waals surface area contributed by atoms with Gasteiger partial charge in [-0.2, -0.15) is 13.2 Å². The van der Waals surface area contributed by atoms with Gasteiger partial charge in [0.05, 0.1) is 11.7 Å². The first kappa shape index (κ1) is 17.3. The van der Waals surface area contributed by atoms with Crippen LogP contribution in [0.15, 0.2) is 24.3 Å². The predicted molar refractivity (Wildman–Crippen MR) is 76.5 cm³/mol. The van der Waals surface area contributed by atoms with E-state index in [9.17, 15) is 27.9 Å². The number of nitrogens with one attached hydrogen (secondary N) is 2. The van der Waals surface area contributed by atoms with Crippen molar-refractivity contribution in [3.05, 3.63) is 29.8 Å². The Kier molecular flexibility index (Phi) is 5.25. The third-order valence-corrected chi connectivity index (χ3v) is 3.69. The number of alkyl halides is 3. The van der Waals surface area contributed by atoms with Crippen molar-refractivity contribution in [1.29, 1.82) is 0 Å². The number of benzene rings is 1. The molecule has 0 radical (unpaired) electrons. The Balaban J connectivity index is 1.92. The molecule has 0 unspecified atom stereocenters. The van der Waals surface area contributed by atoms with Crippen molar-refractivity contribution in [2.75, 3.05) is 5.32 Å². The highest BCUT2D eigenvalue weighted by Crippen LogP contribution is 2.30. The molecule has 2 rings (SSSR count). The Morgan fingerprint density at radius 1 is 1.09 bits per heavy atom. The summed E-state index contributed by atoms with van der Waals surface area (Å²) >= 11 is 0. The van der Waals surface area contributed by atoms with Gasteiger partial charge in [-0.3, -0.25) is 9.59 Å². The van der Waals surface area contributed by atoms with E-state index >= 15 is 0 Å². The summed E-state index contributed by atoms with van der Waals surface area (Å²) in [6.07, 6.45) is -2.71. The standard InChI is InChI=1S/C15H17F3N2O3/c16-15(17,18)9-2-1-3-11(8-9)20-14(23)13(22)19-10-4-6-12(21)7-5-10/h1-3,8,10,12,21H,4-7H2,(H,19,22)(H,20,23). The van der Waals surface area contributed by atoms with E-state index in [1.54, 1.807) is 0 Å². The molecule has 0 aliphatic heterocycles. The normalized spacial score (nSPS) is 21.6. The maximum absolute atomic E-state index is 12.6. The molecule has 0 bridgehead atoms. The molecule has 0 saturated heterocycles. The molecule has 3 N–H and O–H groups in total. The van der Waals surface area contributed by atoms with Gasteiger partial charge in [0.1, 0.15) is 0 Å². The van der Waals surface area contributed by atoms with Crippen LogP contribution in [0.3, 0.4) is 0 Å². The molecule has 1 aromatic carbocycles. The second-order valence-electron chi connectivity index (χ2n) is 5.51. The molecule has 1 aliphatic rings. The Labute approximate surface area is 130 Å². The molecule has 1 aliphatic carbocycles. The Bertz CT molecular complexity index is 582. The first-order valence-corrected chi connectivity index (χ1v) is 7.23. The largest absolute Gasteiger partial charge is 0.416 e. The third-order valence-electron chi connectivity index (χ3n) is 3.69. The minimum atomic E-state index is -4.52. The summed E-state index contributed by atoms with van der Waals surface area (Å²) in [6.45, 7) is 0. The SMILES string of the molecule is O=C(Nc1cccc(C(F)(F)F)c1)C(=O)NC1CCC(O)CC1. The van der Waals surface area contributed by atoms with Crippen LogP contribution in [0.5, 0.6) is 0 Å². The zero-order chi connectivity index (χ0) is 17.0. The highest BCUT2D eigenvalue weighted by molar-refractivity contribution is 6.39. The first-order chi connectivity index (χ1) is 10.8. The van der Waals surface area contributed by atoms with Crippen LogP contribution < -0.4 is 10.6 Å². The van der Waals surface area contributed by atoms with Gasteiger partial charge in [-0.15, -0.1) is 0 Å². The quantitative estimate of drug-likeness (QED) is 0.726. The molecule has 1 saturated carbocycles. The molecule has 1 fully saturated rings. The van der Waals surface area contributed by atoms with E-state index in [4.69, 9.17) is 0 Å². The maximum atomic E-state index is 12.6. The van der Waals surface area contributed by atoms with E-state index in [1.807, 2.05) is 0 Å². The highest BCUT2D eigenvalue weighted by Gasteiger charge is 2.30. The smallest absolute Gasteiger partial charge is 0.393 e. The van der Waals surface area contributed by atoms with Crippen LogP contribution >= 0.6 is 0 Å². The van der Waals surface area contributed by atoms with E-state index in [0.717, 1.165) is 18.2 Å². The van der Waals surface area contributed by atoms with Gasteiger partial charge in [0.2, 0.25) is 0 Å². The van der Waals surface area contributed by atoms with Crippen LogP contribution in [0.4, 0.5) is 18.9 Å². The number of carbonyl (C=O) groups is 2. The minimum Gasteiger partial charge on any atom is -0.393 e. The van der Waals surface area contributed by atoms with Crippen LogP contribution in [0.2, 0.25) is 0 Å². The van der Waals surface area contributed by atoms with Crippen LogP contribution in [-0.4, -0.2) is 29.1 Å². The number of hydrogen-bond acceptors (Lipinski definition) is 3. The topological polar surface area (TPSA) is 78.4 Å². The third kappa shape index (κ3) is 4.95. The summed E-state index contributed by atoms with van der Waals surface area (Å²) in [5, 5.41) is 14.0. The average molecular weight is 330 g/mol. The zero-order valence-corrected chi connectivity index (χ0v) is 12.2. The molecule has 126 valence electrons. The number of aliphatic hydroxyl groups is 1. The number of carbonyl (C=O) groups excluding carboxylic acids is 2. The lowest BCUT2D eigenvalue weighted by Crippen LogP contribution is -2.43. The van der Waals surface area contributed by atoms with Gasteiger partial charge < -0.3 is 15.7 Å². The van der Waals surface area contributed by atoms with Crippen molar-refractivity contribution < 1.29 is 27.9 Å². The van der Waals surface area contributed by atoms with Crippen LogP contribution in [0.25, 0.3) is 0 Å². The summed E-state index contributed by atoms with van der Waals surface area (Å²) in [7, 11) is 0. The van der Waals surface area contributed by atoms with Gasteiger partial charge in [0, 0.05) is 11.7 Å². The Morgan fingerprint density at radius 2 is 1.74 bits per heavy atom. The Hall–Kier alpha value is -2.09. The van der Waals surface area contributed by atoms with Gasteiger partial charge in [-0.05, 0) is 43.9 Å². The van der Waals surface area contributed by atoms with Gasteiger partial charge >= 0.3 is 18.0 Å². The molecule has 0 aromatic heterocycles. The summed E-state index contributed by atoms with van der Waals surface area (Å²) in [6, 6.07) is 3.86. The lowest BCUT2D eigenvalue weighted by molar-refractivity contribution is -0.137. The van der Waals surface area contributed by atoms with E-state index < -0.39 is 23.6 Å². The Morgan fingerprint density at radius 3 is 2.35 bits per heavy atom. The maximum Gasteiger partial charge on any atom is 0.416 e. The summed E-state index contributed by atoms with van der Waals surface area (Å²) in [5.74, 6) is -1.92.